The molecule has 0 radical (unpaired) electrons. The molecule has 1 atom stereocenters. The molecule has 36 heavy (non-hydrogen) atoms. The Morgan fingerprint density at radius 3 is 2.39 bits per heavy atom. The summed E-state index contributed by atoms with van der Waals surface area (Å²) in [5.74, 6) is 0.0679. The van der Waals surface area contributed by atoms with Crippen molar-refractivity contribution >= 4 is 21.9 Å². The second-order valence-corrected chi connectivity index (χ2v) is 10.0. The van der Waals surface area contributed by atoms with Crippen molar-refractivity contribution in [3.63, 3.8) is 0 Å². The molecule has 0 bridgehead atoms. The minimum absolute atomic E-state index is 0.0373. The van der Waals surface area contributed by atoms with Crippen molar-refractivity contribution < 1.29 is 19.1 Å². The summed E-state index contributed by atoms with van der Waals surface area (Å²) < 4.78 is 12.4. The number of carbonyl (C=O) groups is 1. The maximum atomic E-state index is 11.4. The highest BCUT2D eigenvalue weighted by molar-refractivity contribution is 9.10. The van der Waals surface area contributed by atoms with Gasteiger partial charge in [0, 0.05) is 35.5 Å². The first kappa shape index (κ1) is 25.6. The number of nitrogens with zero attached hydrogens (tertiary/aromatic N) is 3. The quantitative estimate of drug-likeness (QED) is 0.241. The monoisotopic (exact) mass is 549 g/mol. The zero-order chi connectivity index (χ0) is 25.7. The van der Waals surface area contributed by atoms with Crippen molar-refractivity contribution in [2.75, 3.05) is 0 Å². The molecule has 2 aromatic carbocycles. The Morgan fingerprint density at radius 1 is 1.08 bits per heavy atom. The second-order valence-electron chi connectivity index (χ2n) is 9.09. The van der Waals surface area contributed by atoms with Crippen molar-refractivity contribution in [1.82, 2.24) is 14.9 Å². The molecule has 8 heteroatoms. The van der Waals surface area contributed by atoms with E-state index in [-0.39, 0.29) is 6.04 Å². The van der Waals surface area contributed by atoms with E-state index in [1.165, 1.54) is 13.8 Å². The summed E-state index contributed by atoms with van der Waals surface area (Å²) in [5.41, 5.74) is 2.64. The van der Waals surface area contributed by atoms with Gasteiger partial charge < -0.3 is 14.3 Å². The topological polar surface area (TPSA) is 88.7 Å². The van der Waals surface area contributed by atoms with Crippen molar-refractivity contribution in [1.29, 1.82) is 0 Å². The third-order valence-electron chi connectivity index (χ3n) is 5.90. The predicted octanol–water partition coefficient (Wildman–Crippen LogP) is 6.50. The van der Waals surface area contributed by atoms with E-state index >= 15 is 0 Å². The molecule has 4 aromatic rings. The number of aromatic nitrogens is 2. The van der Waals surface area contributed by atoms with Gasteiger partial charge in [0.2, 0.25) is 5.89 Å². The summed E-state index contributed by atoms with van der Waals surface area (Å²) in [4.78, 5) is 22.6. The van der Waals surface area contributed by atoms with Gasteiger partial charge in [-0.3, -0.25) is 9.88 Å². The van der Waals surface area contributed by atoms with E-state index in [0.717, 1.165) is 26.9 Å². The van der Waals surface area contributed by atoms with Gasteiger partial charge in [-0.05, 0) is 74.4 Å². The lowest BCUT2D eigenvalue weighted by Crippen LogP contribution is -2.37. The standard InChI is InChI=1S/C28H28BrN3O4/c1-19(25-18-35-26(31-25)22-5-4-6-23(29)15-22)32(17-21-11-13-30-14-12-21)16-20-7-9-24(10-8-20)36-28(2,3)27(33)34/h4-15,18-19H,16-17H2,1-3H3,(H,33,34)/t19-/m0/s1. The van der Waals surface area contributed by atoms with Crippen LogP contribution in [0.4, 0.5) is 0 Å². The van der Waals surface area contributed by atoms with Crippen molar-refractivity contribution in [2.24, 2.45) is 0 Å². The molecule has 0 aliphatic rings. The summed E-state index contributed by atoms with van der Waals surface area (Å²) in [6.45, 7) is 6.50. The number of pyridine rings is 1. The van der Waals surface area contributed by atoms with E-state index in [1.807, 2.05) is 48.5 Å². The lowest BCUT2D eigenvalue weighted by Gasteiger charge is -2.28. The van der Waals surface area contributed by atoms with Gasteiger partial charge in [-0.1, -0.05) is 34.1 Å². The average molecular weight is 550 g/mol. The van der Waals surface area contributed by atoms with Crippen LogP contribution in [0, 0.1) is 0 Å². The van der Waals surface area contributed by atoms with Crippen molar-refractivity contribution in [3.8, 4) is 17.2 Å². The molecule has 1 N–H and O–H groups in total. The van der Waals surface area contributed by atoms with Crippen LogP contribution in [0.25, 0.3) is 11.5 Å². The number of hydrogen-bond acceptors (Lipinski definition) is 6. The lowest BCUT2D eigenvalue weighted by atomic mass is 10.1. The van der Waals surface area contributed by atoms with Crippen LogP contribution in [0.15, 0.2) is 88.2 Å². The van der Waals surface area contributed by atoms with E-state index in [0.29, 0.717) is 24.7 Å². The second kappa shape index (κ2) is 11.1. The molecule has 0 amide bonds. The molecule has 0 unspecified atom stereocenters. The normalized spacial score (nSPS) is 12.5. The third kappa shape index (κ3) is 6.38. The summed E-state index contributed by atoms with van der Waals surface area (Å²) in [6, 6.07) is 19.3. The molecule has 0 saturated heterocycles. The number of hydrogen-bond donors (Lipinski definition) is 1. The largest absolute Gasteiger partial charge is 0.478 e. The Kier molecular flexibility index (Phi) is 7.86. The fourth-order valence-corrected chi connectivity index (χ4v) is 4.11. The van der Waals surface area contributed by atoms with Gasteiger partial charge >= 0.3 is 5.97 Å². The molecule has 4 rings (SSSR count). The van der Waals surface area contributed by atoms with Gasteiger partial charge in [0.25, 0.3) is 0 Å². The summed E-state index contributed by atoms with van der Waals surface area (Å²) in [6.07, 6.45) is 5.29. The molecule has 0 spiro atoms. The number of oxazole rings is 1. The molecule has 0 saturated carbocycles. The Hall–Kier alpha value is -3.49. The van der Waals surface area contributed by atoms with Crippen LogP contribution in [0.3, 0.4) is 0 Å². The molecular formula is C28H28BrN3O4. The minimum Gasteiger partial charge on any atom is -0.478 e. The number of ether oxygens (including phenoxy) is 1. The third-order valence-corrected chi connectivity index (χ3v) is 6.39. The van der Waals surface area contributed by atoms with Gasteiger partial charge in [-0.25, -0.2) is 9.78 Å². The number of halogens is 1. The zero-order valence-corrected chi connectivity index (χ0v) is 22.0. The first-order chi connectivity index (χ1) is 17.2. The number of benzene rings is 2. The Labute approximate surface area is 218 Å². The van der Waals surface area contributed by atoms with Crippen LogP contribution in [-0.4, -0.2) is 31.5 Å². The SMILES string of the molecule is C[C@@H](c1coc(-c2cccc(Br)c2)n1)N(Cc1ccncc1)Cc1ccc(OC(C)(C)C(=O)O)cc1. The van der Waals surface area contributed by atoms with Crippen LogP contribution in [-0.2, 0) is 17.9 Å². The van der Waals surface area contributed by atoms with Gasteiger partial charge in [-0.15, -0.1) is 0 Å². The van der Waals surface area contributed by atoms with Crippen LogP contribution in [0.2, 0.25) is 0 Å². The molecule has 0 fully saturated rings. The highest BCUT2D eigenvalue weighted by Gasteiger charge is 2.29. The Morgan fingerprint density at radius 2 is 1.75 bits per heavy atom. The fraction of sp³-hybridized carbons (Fsp3) is 0.250. The molecule has 0 aliphatic heterocycles. The van der Waals surface area contributed by atoms with Gasteiger partial charge in [-0.2, -0.15) is 0 Å². The number of carboxylic acids is 1. The van der Waals surface area contributed by atoms with E-state index in [2.05, 4.69) is 32.7 Å². The molecule has 2 aromatic heterocycles. The van der Waals surface area contributed by atoms with Gasteiger partial charge in [0.15, 0.2) is 5.60 Å². The summed E-state index contributed by atoms with van der Waals surface area (Å²) >= 11 is 3.50. The zero-order valence-electron chi connectivity index (χ0n) is 20.4. The fourth-order valence-electron chi connectivity index (χ4n) is 3.71. The summed E-state index contributed by atoms with van der Waals surface area (Å²) in [7, 11) is 0. The molecule has 0 aliphatic carbocycles. The highest BCUT2D eigenvalue weighted by Crippen LogP contribution is 2.29. The lowest BCUT2D eigenvalue weighted by molar-refractivity contribution is -0.152. The van der Waals surface area contributed by atoms with Crippen molar-refractivity contribution in [2.45, 2.75) is 45.5 Å². The number of carboxylic acid groups (broad SMARTS) is 1. The highest BCUT2D eigenvalue weighted by atomic mass is 79.9. The maximum Gasteiger partial charge on any atom is 0.347 e. The molecule has 2 heterocycles. The smallest absolute Gasteiger partial charge is 0.347 e. The van der Waals surface area contributed by atoms with E-state index in [9.17, 15) is 9.90 Å². The van der Waals surface area contributed by atoms with E-state index in [1.54, 1.807) is 30.8 Å². The van der Waals surface area contributed by atoms with Crippen LogP contribution in [0.5, 0.6) is 5.75 Å². The Bertz CT molecular complexity index is 1310. The van der Waals surface area contributed by atoms with Gasteiger partial charge in [0.1, 0.15) is 12.0 Å². The first-order valence-electron chi connectivity index (χ1n) is 11.6. The van der Waals surface area contributed by atoms with Crippen molar-refractivity contribution in [3.05, 3.63) is 101 Å². The van der Waals surface area contributed by atoms with Crippen LogP contribution < -0.4 is 4.74 Å². The average Bonchev–Trinajstić information content (AvgIpc) is 3.35. The maximum absolute atomic E-state index is 11.4. The molecule has 7 nitrogen and oxygen atoms in total. The first-order valence-corrected chi connectivity index (χ1v) is 12.4. The van der Waals surface area contributed by atoms with E-state index < -0.39 is 11.6 Å². The predicted molar refractivity (Wildman–Crippen MR) is 140 cm³/mol. The van der Waals surface area contributed by atoms with Gasteiger partial charge in [0.05, 0.1) is 11.7 Å². The molecular weight excluding hydrogens is 522 g/mol. The Balaban J connectivity index is 1.55. The summed E-state index contributed by atoms with van der Waals surface area (Å²) in [5, 5.41) is 9.32. The van der Waals surface area contributed by atoms with Crippen LogP contribution in [0.1, 0.15) is 43.6 Å². The number of rotatable bonds is 10. The van der Waals surface area contributed by atoms with Crippen LogP contribution >= 0.6 is 15.9 Å². The number of aliphatic carboxylic acids is 1. The molecule has 186 valence electrons. The van der Waals surface area contributed by atoms with E-state index in [4.69, 9.17) is 14.1 Å². The minimum atomic E-state index is -1.30.